The lowest BCUT2D eigenvalue weighted by molar-refractivity contribution is -0.140. The Kier molecular flexibility index (Phi) is 7.57. The first-order chi connectivity index (χ1) is 9.63. The second-order valence-electron chi connectivity index (χ2n) is 4.24. The number of carbonyl (C=O) groups is 2. The van der Waals surface area contributed by atoms with E-state index in [1.807, 2.05) is 31.2 Å². The maximum atomic E-state index is 10.8. The summed E-state index contributed by atoms with van der Waals surface area (Å²) in [7, 11) is 0. The number of benzene rings is 1. The zero-order valence-electron chi connectivity index (χ0n) is 11.4. The molecule has 0 aliphatic rings. The van der Waals surface area contributed by atoms with Gasteiger partial charge < -0.3 is 15.2 Å². The molecule has 0 heterocycles. The van der Waals surface area contributed by atoms with Gasteiger partial charge in [-0.05, 0) is 31.2 Å². The molecule has 1 aromatic carbocycles. The molecule has 1 amide bonds. The van der Waals surface area contributed by atoms with E-state index in [1.165, 1.54) is 5.56 Å². The molecule has 1 rings (SSSR count). The van der Waals surface area contributed by atoms with E-state index in [-0.39, 0.29) is 0 Å². The van der Waals surface area contributed by atoms with Crippen molar-refractivity contribution < 1.29 is 19.4 Å². The first-order valence-corrected chi connectivity index (χ1v) is 7.48. The van der Waals surface area contributed by atoms with Crippen LogP contribution in [0.2, 0.25) is 0 Å². The SMILES string of the molecule is Cc1ccc(OCCSCCC(NC=O)C(=O)O)cc1. The van der Waals surface area contributed by atoms with Crippen molar-refractivity contribution in [3.63, 3.8) is 0 Å². The summed E-state index contributed by atoms with van der Waals surface area (Å²) in [5.41, 5.74) is 1.19. The van der Waals surface area contributed by atoms with Gasteiger partial charge >= 0.3 is 5.97 Å². The van der Waals surface area contributed by atoms with Crippen molar-refractivity contribution in [2.24, 2.45) is 0 Å². The highest BCUT2D eigenvalue weighted by molar-refractivity contribution is 7.99. The summed E-state index contributed by atoms with van der Waals surface area (Å²) in [5, 5.41) is 11.1. The summed E-state index contributed by atoms with van der Waals surface area (Å²) in [6.07, 6.45) is 0.827. The number of thioether (sulfide) groups is 1. The third-order valence-electron chi connectivity index (χ3n) is 2.64. The summed E-state index contributed by atoms with van der Waals surface area (Å²) in [6.45, 7) is 2.60. The third-order valence-corrected chi connectivity index (χ3v) is 3.62. The Labute approximate surface area is 122 Å². The number of aryl methyl sites for hydroxylation is 1. The molecule has 0 saturated carbocycles. The standard InChI is InChI=1S/C14H19NO4S/c1-11-2-4-12(5-3-11)19-7-9-20-8-6-13(14(17)18)15-10-16/h2-5,10,13H,6-9H2,1H3,(H,15,16)(H,17,18). The maximum Gasteiger partial charge on any atom is 0.326 e. The normalized spacial score (nSPS) is 11.7. The van der Waals surface area contributed by atoms with Crippen LogP contribution in [0.15, 0.2) is 24.3 Å². The smallest absolute Gasteiger partial charge is 0.326 e. The van der Waals surface area contributed by atoms with Crippen LogP contribution in [-0.2, 0) is 9.59 Å². The van der Waals surface area contributed by atoms with Gasteiger partial charge in [-0.3, -0.25) is 4.79 Å². The summed E-state index contributed by atoms with van der Waals surface area (Å²) in [5.74, 6) is 1.27. The van der Waals surface area contributed by atoms with Gasteiger partial charge in [0.25, 0.3) is 0 Å². The Hall–Kier alpha value is -1.69. The first-order valence-electron chi connectivity index (χ1n) is 6.33. The van der Waals surface area contributed by atoms with Crippen LogP contribution < -0.4 is 10.1 Å². The van der Waals surface area contributed by atoms with E-state index >= 15 is 0 Å². The van der Waals surface area contributed by atoms with Crippen molar-refractivity contribution >= 4 is 24.1 Å². The number of rotatable bonds is 10. The van der Waals surface area contributed by atoms with Crippen molar-refractivity contribution in [2.75, 3.05) is 18.1 Å². The molecule has 0 spiro atoms. The van der Waals surface area contributed by atoms with E-state index in [2.05, 4.69) is 5.32 Å². The molecular weight excluding hydrogens is 278 g/mol. The predicted molar refractivity (Wildman–Crippen MR) is 79.2 cm³/mol. The summed E-state index contributed by atoms with van der Waals surface area (Å²) in [4.78, 5) is 21.0. The number of nitrogens with one attached hydrogen (secondary N) is 1. The van der Waals surface area contributed by atoms with Crippen LogP contribution in [0.3, 0.4) is 0 Å². The van der Waals surface area contributed by atoms with Gasteiger partial charge in [0, 0.05) is 5.75 Å². The summed E-state index contributed by atoms with van der Waals surface area (Å²) >= 11 is 1.60. The Morgan fingerprint density at radius 2 is 2.10 bits per heavy atom. The molecule has 1 unspecified atom stereocenters. The van der Waals surface area contributed by atoms with Crippen LogP contribution in [0, 0.1) is 6.92 Å². The fraction of sp³-hybridized carbons (Fsp3) is 0.429. The molecule has 0 saturated heterocycles. The van der Waals surface area contributed by atoms with Crippen LogP contribution in [-0.4, -0.2) is 41.6 Å². The van der Waals surface area contributed by atoms with E-state index in [9.17, 15) is 9.59 Å². The second-order valence-corrected chi connectivity index (χ2v) is 5.46. The lowest BCUT2D eigenvalue weighted by atomic mass is 10.2. The Morgan fingerprint density at radius 1 is 1.40 bits per heavy atom. The van der Waals surface area contributed by atoms with Crippen LogP contribution in [0.5, 0.6) is 5.75 Å². The van der Waals surface area contributed by atoms with Gasteiger partial charge in [-0.1, -0.05) is 17.7 Å². The third kappa shape index (κ3) is 6.47. The fourth-order valence-corrected chi connectivity index (χ4v) is 2.32. The number of amides is 1. The van der Waals surface area contributed by atoms with Gasteiger partial charge in [0.15, 0.2) is 0 Å². The van der Waals surface area contributed by atoms with Crippen LogP contribution in [0.4, 0.5) is 0 Å². The van der Waals surface area contributed by atoms with E-state index in [1.54, 1.807) is 11.8 Å². The second kappa shape index (κ2) is 9.25. The Morgan fingerprint density at radius 3 is 2.70 bits per heavy atom. The molecule has 2 N–H and O–H groups in total. The van der Waals surface area contributed by atoms with Crippen molar-refractivity contribution in [2.45, 2.75) is 19.4 Å². The molecule has 110 valence electrons. The van der Waals surface area contributed by atoms with Crippen molar-refractivity contribution in [1.29, 1.82) is 0 Å². The number of carboxylic acids is 1. The molecule has 6 heteroatoms. The van der Waals surface area contributed by atoms with E-state index in [4.69, 9.17) is 9.84 Å². The lowest BCUT2D eigenvalue weighted by Crippen LogP contribution is -2.36. The van der Waals surface area contributed by atoms with E-state index in [0.717, 1.165) is 11.5 Å². The molecule has 0 aliphatic carbocycles. The fourth-order valence-electron chi connectivity index (χ4n) is 1.52. The highest BCUT2D eigenvalue weighted by Crippen LogP contribution is 2.12. The van der Waals surface area contributed by atoms with Gasteiger partial charge in [-0.2, -0.15) is 11.8 Å². The number of carbonyl (C=O) groups excluding carboxylic acids is 1. The van der Waals surface area contributed by atoms with Crippen molar-refractivity contribution in [1.82, 2.24) is 5.32 Å². The number of carboxylic acid groups (broad SMARTS) is 1. The molecule has 0 bridgehead atoms. The van der Waals surface area contributed by atoms with E-state index < -0.39 is 12.0 Å². The van der Waals surface area contributed by atoms with Crippen LogP contribution in [0.1, 0.15) is 12.0 Å². The number of hydrogen-bond donors (Lipinski definition) is 2. The lowest BCUT2D eigenvalue weighted by Gasteiger charge is -2.10. The molecule has 20 heavy (non-hydrogen) atoms. The average molecular weight is 297 g/mol. The molecular formula is C14H19NO4S. The number of aliphatic carboxylic acids is 1. The predicted octanol–water partition coefficient (Wildman–Crippen LogP) is 1.70. The topological polar surface area (TPSA) is 75.6 Å². The summed E-state index contributed by atoms with van der Waals surface area (Å²) in [6, 6.07) is 7.02. The minimum Gasteiger partial charge on any atom is -0.493 e. The minimum atomic E-state index is -1.01. The zero-order valence-corrected chi connectivity index (χ0v) is 12.2. The average Bonchev–Trinajstić information content (AvgIpc) is 2.43. The largest absolute Gasteiger partial charge is 0.493 e. The summed E-state index contributed by atoms with van der Waals surface area (Å²) < 4.78 is 5.55. The monoisotopic (exact) mass is 297 g/mol. The number of hydrogen-bond acceptors (Lipinski definition) is 4. The first kappa shape index (κ1) is 16.4. The maximum absolute atomic E-state index is 10.8. The Bertz CT molecular complexity index is 422. The molecule has 0 aliphatic heterocycles. The molecule has 1 aromatic rings. The molecule has 1 atom stereocenters. The quantitative estimate of drug-likeness (QED) is 0.508. The minimum absolute atomic E-state index is 0.406. The van der Waals surface area contributed by atoms with Gasteiger partial charge in [-0.25, -0.2) is 4.79 Å². The molecule has 5 nitrogen and oxygen atoms in total. The highest BCUT2D eigenvalue weighted by Gasteiger charge is 2.15. The van der Waals surface area contributed by atoms with Gasteiger partial charge in [0.1, 0.15) is 11.8 Å². The van der Waals surface area contributed by atoms with Crippen LogP contribution >= 0.6 is 11.8 Å². The molecule has 0 aromatic heterocycles. The van der Waals surface area contributed by atoms with Crippen molar-refractivity contribution in [3.8, 4) is 5.75 Å². The Balaban J connectivity index is 2.11. The van der Waals surface area contributed by atoms with Gasteiger partial charge in [0.2, 0.25) is 6.41 Å². The molecule has 0 radical (unpaired) electrons. The van der Waals surface area contributed by atoms with Crippen LogP contribution in [0.25, 0.3) is 0 Å². The number of ether oxygens (including phenoxy) is 1. The van der Waals surface area contributed by atoms with Gasteiger partial charge in [-0.15, -0.1) is 0 Å². The highest BCUT2D eigenvalue weighted by atomic mass is 32.2. The zero-order chi connectivity index (χ0) is 14.8. The molecule has 0 fully saturated rings. The van der Waals surface area contributed by atoms with Crippen molar-refractivity contribution in [3.05, 3.63) is 29.8 Å². The van der Waals surface area contributed by atoms with E-state index in [0.29, 0.717) is 25.2 Å². The van der Waals surface area contributed by atoms with Gasteiger partial charge in [0.05, 0.1) is 6.61 Å².